The third-order valence-electron chi connectivity index (χ3n) is 5.37. The minimum Gasteiger partial charge on any atom is -0.493 e. The van der Waals surface area contributed by atoms with Crippen molar-refractivity contribution >= 4 is 29.3 Å². The van der Waals surface area contributed by atoms with Crippen molar-refractivity contribution in [2.45, 2.75) is 12.2 Å². The van der Waals surface area contributed by atoms with Gasteiger partial charge in [0.1, 0.15) is 11.9 Å². The van der Waals surface area contributed by atoms with E-state index in [1.165, 1.54) is 21.3 Å². The minimum atomic E-state index is -5.08. The van der Waals surface area contributed by atoms with Crippen LogP contribution in [0.3, 0.4) is 0 Å². The van der Waals surface area contributed by atoms with Gasteiger partial charge in [0, 0.05) is 16.8 Å². The van der Waals surface area contributed by atoms with Crippen molar-refractivity contribution in [3.05, 3.63) is 83.4 Å². The summed E-state index contributed by atoms with van der Waals surface area (Å²) >= 11 is 0. The van der Waals surface area contributed by atoms with E-state index in [2.05, 4.69) is 16.2 Å². The summed E-state index contributed by atoms with van der Waals surface area (Å²) in [5, 5.41) is 17.8. The van der Waals surface area contributed by atoms with Gasteiger partial charge in [0.2, 0.25) is 5.75 Å². The third-order valence-corrected chi connectivity index (χ3v) is 5.37. The molecule has 12 nitrogen and oxygen atoms in total. The quantitative estimate of drug-likeness (QED) is 0.123. The van der Waals surface area contributed by atoms with Crippen LogP contribution in [0.1, 0.15) is 27.5 Å². The number of hydrazine groups is 1. The molecule has 0 spiro atoms. The molecule has 0 saturated carbocycles. The fourth-order valence-corrected chi connectivity index (χ4v) is 3.33. The molecule has 3 rings (SSSR count). The zero-order valence-corrected chi connectivity index (χ0v) is 22.5. The van der Waals surface area contributed by atoms with Gasteiger partial charge >= 0.3 is 12.1 Å². The lowest BCUT2D eigenvalue weighted by Crippen LogP contribution is -2.45. The molecule has 0 aliphatic carbocycles. The van der Waals surface area contributed by atoms with Crippen LogP contribution < -0.4 is 36.1 Å². The maximum Gasteiger partial charge on any atom is 0.490 e. The van der Waals surface area contributed by atoms with Gasteiger partial charge in [0.25, 0.3) is 11.8 Å². The Hall–Kier alpha value is -5.47. The number of aliphatic carboxylic acids is 1. The normalized spacial score (nSPS) is 11.1. The molecule has 3 aromatic carbocycles. The van der Waals surface area contributed by atoms with E-state index in [-0.39, 0.29) is 5.84 Å². The molecule has 0 radical (unpaired) electrons. The van der Waals surface area contributed by atoms with Gasteiger partial charge in [-0.05, 0) is 54.1 Å². The summed E-state index contributed by atoms with van der Waals surface area (Å²) in [6, 6.07) is 17.5. The standard InChI is InChI=1S/C25H27N5O5.C2HF3O2/c1-33-19-13-17(14-20(34-2)22(19)35-3)21(28-18-11-9-15(10-12-18)23(26)27)25(32)30-29-24(31)16-7-5-4-6-8-16;3-2(4,5)1(6)7/h4-14,21,28H,1-3H3,(H3,26,27)(H,29,31)(H,30,32);(H,6,7). The number of hydrogen-bond donors (Lipinski definition) is 6. The Labute approximate surface area is 238 Å². The van der Waals surface area contributed by atoms with Gasteiger partial charge in [-0.15, -0.1) is 0 Å². The van der Waals surface area contributed by atoms with Crippen molar-refractivity contribution < 1.29 is 46.9 Å². The van der Waals surface area contributed by atoms with Crippen molar-refractivity contribution in [3.63, 3.8) is 0 Å². The number of carboxylic acid groups (broad SMARTS) is 1. The number of rotatable bonds is 9. The number of nitrogen functional groups attached to an aromatic ring is 1. The van der Waals surface area contributed by atoms with Crippen LogP contribution in [0.2, 0.25) is 0 Å². The predicted molar refractivity (Wildman–Crippen MR) is 146 cm³/mol. The van der Waals surface area contributed by atoms with Crippen LogP contribution in [0.15, 0.2) is 66.7 Å². The molecule has 15 heteroatoms. The van der Waals surface area contributed by atoms with Gasteiger partial charge in [0.15, 0.2) is 11.5 Å². The number of halogens is 3. The first-order valence-corrected chi connectivity index (χ1v) is 11.8. The first-order valence-electron chi connectivity index (χ1n) is 11.8. The third kappa shape index (κ3) is 9.04. The van der Waals surface area contributed by atoms with Crippen LogP contribution in [0.5, 0.6) is 17.2 Å². The highest BCUT2D eigenvalue weighted by molar-refractivity contribution is 5.97. The van der Waals surface area contributed by atoms with E-state index >= 15 is 0 Å². The molecule has 3 aromatic rings. The number of amides is 2. The van der Waals surface area contributed by atoms with Crippen LogP contribution in [-0.2, 0) is 9.59 Å². The number of hydrogen-bond acceptors (Lipinski definition) is 8. The smallest absolute Gasteiger partial charge is 0.490 e. The van der Waals surface area contributed by atoms with E-state index in [0.717, 1.165) is 0 Å². The molecule has 42 heavy (non-hydrogen) atoms. The Kier molecular flexibility index (Phi) is 11.5. The Bertz CT molecular complexity index is 1380. The summed E-state index contributed by atoms with van der Waals surface area (Å²) in [5.74, 6) is -2.73. The first-order chi connectivity index (χ1) is 19.8. The topological polar surface area (TPSA) is 185 Å². The fourth-order valence-electron chi connectivity index (χ4n) is 3.33. The zero-order valence-electron chi connectivity index (χ0n) is 22.5. The highest BCUT2D eigenvalue weighted by atomic mass is 19.4. The van der Waals surface area contributed by atoms with Crippen molar-refractivity contribution in [1.29, 1.82) is 5.41 Å². The molecule has 224 valence electrons. The summed E-state index contributed by atoms with van der Waals surface area (Å²) in [6.45, 7) is 0. The fraction of sp³-hybridized carbons (Fsp3) is 0.185. The lowest BCUT2D eigenvalue weighted by molar-refractivity contribution is -0.192. The highest BCUT2D eigenvalue weighted by Crippen LogP contribution is 2.40. The number of amidine groups is 1. The minimum absolute atomic E-state index is 0.0703. The molecule has 7 N–H and O–H groups in total. The monoisotopic (exact) mass is 591 g/mol. The maximum atomic E-state index is 13.3. The number of ether oxygens (including phenoxy) is 3. The van der Waals surface area contributed by atoms with Gasteiger partial charge in [-0.2, -0.15) is 13.2 Å². The molecule has 0 bridgehead atoms. The average Bonchev–Trinajstić information content (AvgIpc) is 2.98. The molecule has 0 fully saturated rings. The van der Waals surface area contributed by atoms with E-state index in [4.69, 9.17) is 35.3 Å². The lowest BCUT2D eigenvalue weighted by Gasteiger charge is -2.22. The molecule has 0 aromatic heterocycles. The number of benzene rings is 3. The molecular formula is C27H28F3N5O7. The number of nitrogens with two attached hydrogens (primary N) is 1. The van der Waals surface area contributed by atoms with Crippen molar-refractivity contribution in [2.24, 2.45) is 5.73 Å². The van der Waals surface area contributed by atoms with E-state index in [1.807, 2.05) is 0 Å². The molecule has 0 heterocycles. The number of carboxylic acids is 1. The van der Waals surface area contributed by atoms with Gasteiger partial charge in [-0.1, -0.05) is 18.2 Å². The number of alkyl halides is 3. The van der Waals surface area contributed by atoms with E-state index in [0.29, 0.717) is 39.6 Å². The Balaban J connectivity index is 0.000000782. The number of carbonyl (C=O) groups excluding carboxylic acids is 2. The van der Waals surface area contributed by atoms with Gasteiger partial charge in [-0.3, -0.25) is 25.8 Å². The molecule has 2 amide bonds. The summed E-state index contributed by atoms with van der Waals surface area (Å²) in [5.41, 5.74) is 12.4. The Morgan fingerprint density at radius 2 is 1.38 bits per heavy atom. The lowest BCUT2D eigenvalue weighted by atomic mass is 10.0. The number of anilines is 1. The Morgan fingerprint density at radius 1 is 0.857 bits per heavy atom. The van der Waals surface area contributed by atoms with Crippen molar-refractivity contribution in [3.8, 4) is 17.2 Å². The van der Waals surface area contributed by atoms with E-state index in [9.17, 15) is 22.8 Å². The molecule has 0 saturated heterocycles. The summed E-state index contributed by atoms with van der Waals surface area (Å²) < 4.78 is 48.0. The van der Waals surface area contributed by atoms with Gasteiger partial charge in [0.05, 0.1) is 21.3 Å². The largest absolute Gasteiger partial charge is 0.493 e. The number of carbonyl (C=O) groups is 3. The molecule has 1 atom stereocenters. The van der Waals surface area contributed by atoms with Crippen LogP contribution in [0, 0.1) is 5.41 Å². The summed E-state index contributed by atoms with van der Waals surface area (Å²) in [6.07, 6.45) is -5.08. The highest BCUT2D eigenvalue weighted by Gasteiger charge is 2.38. The zero-order chi connectivity index (χ0) is 31.4. The molecular weight excluding hydrogens is 563 g/mol. The van der Waals surface area contributed by atoms with Crippen LogP contribution in [0.25, 0.3) is 0 Å². The van der Waals surface area contributed by atoms with Crippen LogP contribution >= 0.6 is 0 Å². The Morgan fingerprint density at radius 3 is 1.81 bits per heavy atom. The van der Waals surface area contributed by atoms with Crippen LogP contribution in [-0.4, -0.2) is 56.2 Å². The SMILES string of the molecule is COc1cc(C(Nc2ccc(C(=N)N)cc2)C(=O)NNC(=O)c2ccccc2)cc(OC)c1OC.O=C(O)C(F)(F)F. The van der Waals surface area contributed by atoms with Crippen molar-refractivity contribution in [1.82, 2.24) is 10.9 Å². The van der Waals surface area contributed by atoms with Crippen molar-refractivity contribution in [2.75, 3.05) is 26.6 Å². The number of nitrogens with one attached hydrogen (secondary N) is 4. The molecule has 0 aliphatic heterocycles. The molecule has 0 aliphatic rings. The first kappa shape index (κ1) is 32.7. The van der Waals surface area contributed by atoms with E-state index < -0.39 is 30.0 Å². The second-order valence-corrected chi connectivity index (χ2v) is 8.14. The number of methoxy groups -OCH3 is 3. The maximum absolute atomic E-state index is 13.3. The van der Waals surface area contributed by atoms with Crippen LogP contribution in [0.4, 0.5) is 18.9 Å². The van der Waals surface area contributed by atoms with E-state index in [1.54, 1.807) is 66.7 Å². The second-order valence-electron chi connectivity index (χ2n) is 8.14. The summed E-state index contributed by atoms with van der Waals surface area (Å²) in [7, 11) is 4.44. The second kappa shape index (κ2) is 14.8. The predicted octanol–water partition coefficient (Wildman–Crippen LogP) is 3.24. The summed E-state index contributed by atoms with van der Waals surface area (Å²) in [4.78, 5) is 34.6. The molecule has 1 unspecified atom stereocenters. The average molecular weight is 592 g/mol. The van der Waals surface area contributed by atoms with Gasteiger partial charge in [-0.25, -0.2) is 4.79 Å². The van der Waals surface area contributed by atoms with Gasteiger partial charge < -0.3 is 30.4 Å².